The van der Waals surface area contributed by atoms with Gasteiger partial charge in [-0.1, -0.05) is 24.3 Å². The van der Waals surface area contributed by atoms with Crippen molar-refractivity contribution in [2.24, 2.45) is 0 Å². The second kappa shape index (κ2) is 8.17. The normalized spacial score (nSPS) is 11.1. The number of nitro benzene ring substituents is 1. The zero-order chi connectivity index (χ0) is 20.2. The van der Waals surface area contributed by atoms with Crippen LogP contribution in [-0.2, 0) is 19.6 Å². The molecule has 0 atom stereocenters. The summed E-state index contributed by atoms with van der Waals surface area (Å²) >= 11 is 0. The molecule has 0 aliphatic heterocycles. The van der Waals surface area contributed by atoms with Gasteiger partial charge in [0.2, 0.25) is 0 Å². The minimum Gasteiger partial charge on any atom is -0.465 e. The fourth-order valence-corrected chi connectivity index (χ4v) is 4.03. The molecule has 0 radical (unpaired) electrons. The molecule has 0 N–H and O–H groups in total. The van der Waals surface area contributed by atoms with E-state index in [2.05, 4.69) is 0 Å². The molecular formula is C18H20N2O6S. The van der Waals surface area contributed by atoms with E-state index in [1.54, 1.807) is 38.1 Å². The van der Waals surface area contributed by atoms with Gasteiger partial charge in [-0.15, -0.1) is 0 Å². The van der Waals surface area contributed by atoms with Gasteiger partial charge >= 0.3 is 5.97 Å². The Labute approximate surface area is 157 Å². The minimum atomic E-state index is -4.23. The summed E-state index contributed by atoms with van der Waals surface area (Å²) in [5, 5.41) is 11.2. The van der Waals surface area contributed by atoms with Crippen LogP contribution in [0.1, 0.15) is 18.1 Å². The largest absolute Gasteiger partial charge is 0.465 e. The third-order valence-electron chi connectivity index (χ3n) is 3.93. The van der Waals surface area contributed by atoms with Gasteiger partial charge in [0.15, 0.2) is 0 Å². The van der Waals surface area contributed by atoms with Crippen LogP contribution in [0.5, 0.6) is 0 Å². The Hall–Kier alpha value is -2.94. The zero-order valence-electron chi connectivity index (χ0n) is 15.2. The lowest BCUT2D eigenvalue weighted by Crippen LogP contribution is -2.37. The molecule has 144 valence electrons. The van der Waals surface area contributed by atoms with Gasteiger partial charge in [0.25, 0.3) is 15.7 Å². The van der Waals surface area contributed by atoms with Gasteiger partial charge in [-0.05, 0) is 38.5 Å². The number of nitro groups is 1. The molecule has 0 bridgehead atoms. The average molecular weight is 392 g/mol. The van der Waals surface area contributed by atoms with E-state index in [-0.39, 0.29) is 17.2 Å². The molecular weight excluding hydrogens is 372 g/mol. The molecule has 8 nitrogen and oxygen atoms in total. The highest BCUT2D eigenvalue weighted by Crippen LogP contribution is 2.29. The first-order valence-corrected chi connectivity index (χ1v) is 9.61. The summed E-state index contributed by atoms with van der Waals surface area (Å²) in [5.41, 5.74) is 0.962. The molecule has 0 aliphatic rings. The lowest BCUT2D eigenvalue weighted by atomic mass is 10.2. The smallest absolute Gasteiger partial charge is 0.326 e. The number of aryl methyl sites for hydroxylation is 2. The topological polar surface area (TPSA) is 107 Å². The van der Waals surface area contributed by atoms with Crippen molar-refractivity contribution >= 4 is 27.4 Å². The number of anilines is 1. The highest BCUT2D eigenvalue weighted by Gasteiger charge is 2.30. The number of nitrogens with zero attached hydrogens (tertiary/aromatic N) is 2. The Morgan fingerprint density at radius 3 is 2.41 bits per heavy atom. The quantitative estimate of drug-likeness (QED) is 0.407. The monoisotopic (exact) mass is 392 g/mol. The fraction of sp³-hybridized carbons (Fsp3) is 0.278. The van der Waals surface area contributed by atoms with Crippen LogP contribution in [0, 0.1) is 24.0 Å². The first-order chi connectivity index (χ1) is 12.7. The second-order valence-electron chi connectivity index (χ2n) is 5.81. The van der Waals surface area contributed by atoms with E-state index in [4.69, 9.17) is 4.74 Å². The molecule has 2 aromatic rings. The van der Waals surface area contributed by atoms with Crippen molar-refractivity contribution < 1.29 is 22.9 Å². The predicted octanol–water partition coefficient (Wildman–Crippen LogP) is 2.97. The lowest BCUT2D eigenvalue weighted by Gasteiger charge is -2.25. The number of rotatable bonds is 7. The van der Waals surface area contributed by atoms with Crippen molar-refractivity contribution in [1.82, 2.24) is 0 Å². The number of hydrogen-bond donors (Lipinski definition) is 0. The van der Waals surface area contributed by atoms with Crippen molar-refractivity contribution in [3.63, 3.8) is 0 Å². The maximum atomic E-state index is 13.2. The van der Waals surface area contributed by atoms with Gasteiger partial charge < -0.3 is 4.74 Å². The molecule has 0 spiro atoms. The van der Waals surface area contributed by atoms with Gasteiger partial charge in [0, 0.05) is 11.6 Å². The van der Waals surface area contributed by atoms with Crippen molar-refractivity contribution in [1.29, 1.82) is 0 Å². The molecule has 0 fully saturated rings. The molecule has 2 rings (SSSR count). The maximum absolute atomic E-state index is 13.2. The predicted molar refractivity (Wildman–Crippen MR) is 100 cm³/mol. The van der Waals surface area contributed by atoms with Crippen molar-refractivity contribution in [3.8, 4) is 0 Å². The van der Waals surface area contributed by atoms with E-state index >= 15 is 0 Å². The van der Waals surface area contributed by atoms with E-state index in [0.29, 0.717) is 16.8 Å². The van der Waals surface area contributed by atoms with Crippen LogP contribution in [0.4, 0.5) is 11.4 Å². The van der Waals surface area contributed by atoms with E-state index in [1.807, 2.05) is 0 Å². The number of esters is 1. The van der Waals surface area contributed by atoms with Gasteiger partial charge in [-0.3, -0.25) is 19.2 Å². The summed E-state index contributed by atoms with van der Waals surface area (Å²) in [6.45, 7) is 4.42. The maximum Gasteiger partial charge on any atom is 0.326 e. The summed E-state index contributed by atoms with van der Waals surface area (Å²) in [5.74, 6) is -0.717. The van der Waals surface area contributed by atoms with Gasteiger partial charge in [-0.25, -0.2) is 8.42 Å². The number of ether oxygens (including phenoxy) is 1. The number of para-hydroxylation sites is 1. The molecule has 0 amide bonds. The third-order valence-corrected chi connectivity index (χ3v) is 5.68. The molecule has 0 heterocycles. The molecule has 0 aliphatic carbocycles. The van der Waals surface area contributed by atoms with Crippen LogP contribution in [0.25, 0.3) is 0 Å². The Balaban J connectivity index is 2.60. The average Bonchev–Trinajstić information content (AvgIpc) is 2.60. The fourth-order valence-electron chi connectivity index (χ4n) is 2.54. The Morgan fingerprint density at radius 2 is 1.81 bits per heavy atom. The summed E-state index contributed by atoms with van der Waals surface area (Å²) < 4.78 is 32.2. The Morgan fingerprint density at radius 1 is 1.15 bits per heavy atom. The highest BCUT2D eigenvalue weighted by molar-refractivity contribution is 7.92. The third kappa shape index (κ3) is 4.43. The van der Waals surface area contributed by atoms with E-state index in [1.165, 1.54) is 19.1 Å². The number of sulfonamides is 1. The molecule has 0 aromatic heterocycles. The summed E-state index contributed by atoms with van der Waals surface area (Å²) in [6.07, 6.45) is 0. The molecule has 27 heavy (non-hydrogen) atoms. The summed E-state index contributed by atoms with van der Waals surface area (Å²) in [4.78, 5) is 22.3. The van der Waals surface area contributed by atoms with Crippen molar-refractivity contribution in [3.05, 3.63) is 63.7 Å². The lowest BCUT2D eigenvalue weighted by molar-refractivity contribution is -0.385. The standard InChI is InChI=1S/C18H20N2O6S/c1-4-26-18(21)12-19(16-8-6-5-7-13(16)2)27(24,25)15-10-9-14(3)17(11-15)20(22)23/h5-11H,4,12H2,1-3H3. The van der Waals surface area contributed by atoms with E-state index in [0.717, 1.165) is 10.4 Å². The van der Waals surface area contributed by atoms with Crippen molar-refractivity contribution in [2.45, 2.75) is 25.7 Å². The van der Waals surface area contributed by atoms with Crippen LogP contribution < -0.4 is 4.31 Å². The molecule has 9 heteroatoms. The Kier molecular flexibility index (Phi) is 6.17. The highest BCUT2D eigenvalue weighted by atomic mass is 32.2. The summed E-state index contributed by atoms with van der Waals surface area (Å²) in [7, 11) is -4.23. The van der Waals surface area contributed by atoms with E-state index < -0.39 is 27.5 Å². The van der Waals surface area contributed by atoms with Gasteiger partial charge in [0.1, 0.15) is 6.54 Å². The number of benzene rings is 2. The van der Waals surface area contributed by atoms with Gasteiger partial charge in [0.05, 0.1) is 22.1 Å². The van der Waals surface area contributed by atoms with E-state index in [9.17, 15) is 23.3 Å². The van der Waals surface area contributed by atoms with Gasteiger partial charge in [-0.2, -0.15) is 0 Å². The molecule has 0 saturated heterocycles. The summed E-state index contributed by atoms with van der Waals surface area (Å²) in [6, 6.07) is 10.3. The zero-order valence-corrected chi connectivity index (χ0v) is 16.0. The number of hydrogen-bond acceptors (Lipinski definition) is 6. The first-order valence-electron chi connectivity index (χ1n) is 8.17. The first kappa shape index (κ1) is 20.4. The number of carbonyl (C=O) groups excluding carboxylic acids is 1. The molecule has 0 unspecified atom stereocenters. The van der Waals surface area contributed by atoms with Crippen molar-refractivity contribution in [2.75, 3.05) is 17.5 Å². The Bertz CT molecular complexity index is 972. The molecule has 0 saturated carbocycles. The second-order valence-corrected chi connectivity index (χ2v) is 7.67. The van der Waals surface area contributed by atoms with Crippen LogP contribution in [0.3, 0.4) is 0 Å². The van der Waals surface area contributed by atoms with Crippen LogP contribution in [-0.4, -0.2) is 32.5 Å². The number of carbonyl (C=O) groups is 1. The minimum absolute atomic E-state index is 0.108. The molecule has 2 aromatic carbocycles. The SMILES string of the molecule is CCOC(=O)CN(c1ccccc1C)S(=O)(=O)c1ccc(C)c([N+](=O)[O-])c1. The van der Waals surface area contributed by atoms with Crippen LogP contribution in [0.2, 0.25) is 0 Å². The van der Waals surface area contributed by atoms with Crippen LogP contribution >= 0.6 is 0 Å². The van der Waals surface area contributed by atoms with Crippen LogP contribution in [0.15, 0.2) is 47.4 Å².